The third-order valence-corrected chi connectivity index (χ3v) is 5.71. The number of phenolic OH excluding ortho intramolecular Hbond substituents is 4. The zero-order valence-corrected chi connectivity index (χ0v) is 19.1. The van der Waals surface area contributed by atoms with Crippen molar-refractivity contribution in [2.75, 3.05) is 26.9 Å². The van der Waals surface area contributed by atoms with Crippen LogP contribution < -0.4 is 4.74 Å². The Hall–Kier alpha value is -3.33. The maximum absolute atomic E-state index is 12.3. The minimum absolute atomic E-state index is 0.0999. The number of hydrogen-bond acceptors (Lipinski definition) is 13. The number of ether oxygens (including phenoxy) is 4. The summed E-state index contributed by atoms with van der Waals surface area (Å²) >= 11 is 0. The third-order valence-electron chi connectivity index (χ3n) is 5.71. The molecule has 13 heteroatoms. The maximum Gasteiger partial charge on any atom is 0.338 e. The van der Waals surface area contributed by atoms with Crippen LogP contribution in [0.3, 0.4) is 0 Å². The molecule has 0 amide bonds. The summed E-state index contributed by atoms with van der Waals surface area (Å²) < 4.78 is 21.1. The molecule has 36 heavy (non-hydrogen) atoms. The Labute approximate surface area is 204 Å². The number of benzene rings is 2. The van der Waals surface area contributed by atoms with Crippen LogP contribution in [-0.2, 0) is 14.2 Å². The first kappa shape index (κ1) is 27.3. The van der Waals surface area contributed by atoms with Gasteiger partial charge in [-0.05, 0) is 29.8 Å². The molecule has 0 aliphatic carbocycles. The second-order valence-corrected chi connectivity index (χ2v) is 8.12. The molecule has 0 radical (unpaired) electrons. The Balaban J connectivity index is 1.64. The number of aliphatic hydroxyl groups excluding tert-OH is 4. The number of hydrogen-bond donors (Lipinski definition) is 8. The normalized spacial score (nSPS) is 24.8. The van der Waals surface area contributed by atoms with Crippen LogP contribution in [0.2, 0.25) is 0 Å². The number of phenols is 4. The van der Waals surface area contributed by atoms with E-state index in [1.807, 2.05) is 0 Å². The predicted octanol–water partition coefficient (Wildman–Crippen LogP) is -0.725. The van der Waals surface area contributed by atoms with Crippen LogP contribution in [0.15, 0.2) is 30.3 Å². The summed E-state index contributed by atoms with van der Waals surface area (Å²) in [7, 11) is 1.36. The quantitative estimate of drug-likeness (QED) is 0.154. The average Bonchev–Trinajstić information content (AvgIpc) is 2.86. The van der Waals surface area contributed by atoms with Gasteiger partial charge in [-0.15, -0.1) is 0 Å². The van der Waals surface area contributed by atoms with Gasteiger partial charge in [-0.2, -0.15) is 0 Å². The molecule has 1 unspecified atom stereocenters. The second-order valence-electron chi connectivity index (χ2n) is 8.12. The van der Waals surface area contributed by atoms with E-state index in [-0.39, 0.29) is 30.3 Å². The number of carbonyl (C=O) groups is 1. The molecule has 0 bridgehead atoms. The molecule has 8 N–H and O–H groups in total. The molecule has 1 fully saturated rings. The summed E-state index contributed by atoms with van der Waals surface area (Å²) in [5, 5.41) is 78.7. The third kappa shape index (κ3) is 5.90. The Kier molecular flexibility index (Phi) is 8.79. The molecule has 1 saturated heterocycles. The Bertz CT molecular complexity index is 1040. The van der Waals surface area contributed by atoms with Gasteiger partial charge in [0.1, 0.15) is 31.0 Å². The molecule has 6 atom stereocenters. The maximum atomic E-state index is 12.3. The van der Waals surface area contributed by atoms with Crippen LogP contribution >= 0.6 is 0 Å². The zero-order valence-electron chi connectivity index (χ0n) is 19.1. The smallest absolute Gasteiger partial charge is 0.338 e. The van der Waals surface area contributed by atoms with Crippen molar-refractivity contribution in [3.8, 4) is 28.7 Å². The minimum Gasteiger partial charge on any atom is -0.504 e. The molecule has 13 nitrogen and oxygen atoms in total. The number of rotatable bonds is 9. The van der Waals surface area contributed by atoms with Gasteiger partial charge in [0.2, 0.25) is 0 Å². The number of carbonyl (C=O) groups excluding carboxylic acids is 1. The molecular weight excluding hydrogens is 484 g/mol. The SMILES string of the molecule is COc1cc(C(CO)CO[C@@H]2O[C@H](COC(=O)c3cc(O)c(O)c(O)c3)[C@@H](O)[C@H](O)[C@H]2O)ccc1O. The van der Waals surface area contributed by atoms with E-state index in [4.69, 9.17) is 18.9 Å². The fourth-order valence-corrected chi connectivity index (χ4v) is 3.57. The summed E-state index contributed by atoms with van der Waals surface area (Å²) in [5.74, 6) is -3.93. The van der Waals surface area contributed by atoms with Crippen molar-refractivity contribution < 1.29 is 64.6 Å². The summed E-state index contributed by atoms with van der Waals surface area (Å²) in [6.07, 6.45) is -7.87. The van der Waals surface area contributed by atoms with Crippen molar-refractivity contribution in [2.24, 2.45) is 0 Å². The van der Waals surface area contributed by atoms with Gasteiger partial charge in [0, 0.05) is 5.92 Å². The van der Waals surface area contributed by atoms with E-state index in [1.54, 1.807) is 6.07 Å². The van der Waals surface area contributed by atoms with Crippen LogP contribution in [0.4, 0.5) is 0 Å². The van der Waals surface area contributed by atoms with Crippen molar-refractivity contribution in [3.63, 3.8) is 0 Å². The van der Waals surface area contributed by atoms with Gasteiger partial charge in [0.05, 0.1) is 25.9 Å². The monoisotopic (exact) mass is 512 g/mol. The fourth-order valence-electron chi connectivity index (χ4n) is 3.57. The number of methoxy groups -OCH3 is 1. The molecule has 3 rings (SSSR count). The van der Waals surface area contributed by atoms with Crippen LogP contribution in [0.25, 0.3) is 0 Å². The summed E-state index contributed by atoms with van der Waals surface area (Å²) in [4.78, 5) is 12.3. The summed E-state index contributed by atoms with van der Waals surface area (Å²) in [6.45, 7) is -1.19. The first-order valence-corrected chi connectivity index (χ1v) is 10.8. The molecule has 0 spiro atoms. The zero-order chi connectivity index (χ0) is 26.6. The number of aromatic hydroxyl groups is 4. The van der Waals surface area contributed by atoms with E-state index in [2.05, 4.69) is 0 Å². The first-order valence-electron chi connectivity index (χ1n) is 10.8. The predicted molar refractivity (Wildman–Crippen MR) is 119 cm³/mol. The van der Waals surface area contributed by atoms with Crippen molar-refractivity contribution in [1.82, 2.24) is 0 Å². The van der Waals surface area contributed by atoms with E-state index >= 15 is 0 Å². The van der Waals surface area contributed by atoms with Gasteiger partial charge in [0.15, 0.2) is 35.0 Å². The van der Waals surface area contributed by atoms with Gasteiger partial charge >= 0.3 is 5.97 Å². The van der Waals surface area contributed by atoms with E-state index in [0.29, 0.717) is 5.56 Å². The number of esters is 1. The first-order chi connectivity index (χ1) is 17.1. The molecule has 0 saturated carbocycles. The molecule has 1 heterocycles. The molecule has 0 aromatic heterocycles. The molecule has 1 aliphatic rings. The van der Waals surface area contributed by atoms with Gasteiger partial charge in [-0.1, -0.05) is 6.07 Å². The highest BCUT2D eigenvalue weighted by molar-refractivity contribution is 5.91. The lowest BCUT2D eigenvalue weighted by atomic mass is 9.98. The lowest BCUT2D eigenvalue weighted by Crippen LogP contribution is -2.59. The highest BCUT2D eigenvalue weighted by Crippen LogP contribution is 2.36. The van der Waals surface area contributed by atoms with Gasteiger partial charge in [0.25, 0.3) is 0 Å². The van der Waals surface area contributed by atoms with Crippen LogP contribution in [0.5, 0.6) is 28.7 Å². The highest BCUT2D eigenvalue weighted by atomic mass is 16.7. The molecule has 2 aromatic carbocycles. The van der Waals surface area contributed by atoms with E-state index < -0.39 is 66.4 Å². The highest BCUT2D eigenvalue weighted by Gasteiger charge is 2.45. The van der Waals surface area contributed by atoms with Crippen LogP contribution in [0.1, 0.15) is 21.8 Å². The lowest BCUT2D eigenvalue weighted by Gasteiger charge is -2.40. The fraction of sp³-hybridized carbons (Fsp3) is 0.435. The van der Waals surface area contributed by atoms with E-state index in [9.17, 15) is 45.6 Å². The number of aliphatic hydroxyl groups is 4. The van der Waals surface area contributed by atoms with Crippen molar-refractivity contribution >= 4 is 5.97 Å². The Morgan fingerprint density at radius 3 is 2.25 bits per heavy atom. The van der Waals surface area contributed by atoms with Gasteiger partial charge in [-0.3, -0.25) is 0 Å². The second kappa shape index (κ2) is 11.6. The molecule has 1 aliphatic heterocycles. The van der Waals surface area contributed by atoms with Crippen LogP contribution in [0, 0.1) is 0 Å². The lowest BCUT2D eigenvalue weighted by molar-refractivity contribution is -0.302. The largest absolute Gasteiger partial charge is 0.504 e. The summed E-state index contributed by atoms with van der Waals surface area (Å²) in [6, 6.07) is 6.12. The Morgan fingerprint density at radius 2 is 1.64 bits per heavy atom. The summed E-state index contributed by atoms with van der Waals surface area (Å²) in [5.41, 5.74) is 0.237. The minimum atomic E-state index is -1.73. The molecule has 2 aromatic rings. The Morgan fingerprint density at radius 1 is 0.972 bits per heavy atom. The van der Waals surface area contributed by atoms with Crippen LogP contribution in [-0.4, -0.2) is 104 Å². The standard InChI is InChI=1S/C23H28O13/c1-33-16-6-10(2-3-13(16)25)12(7-24)8-35-23-21(31)20(30)19(29)17(36-23)9-34-22(32)11-4-14(26)18(28)15(27)5-11/h2-6,12,17,19-21,23-31H,7-9H2,1H3/t12?,17-,19-,20+,21-,23-/m1/s1. The van der Waals surface area contributed by atoms with Gasteiger partial charge < -0.3 is 59.8 Å². The average molecular weight is 512 g/mol. The molecule has 198 valence electrons. The van der Waals surface area contributed by atoms with Gasteiger partial charge in [-0.25, -0.2) is 4.79 Å². The van der Waals surface area contributed by atoms with E-state index in [0.717, 1.165) is 12.1 Å². The van der Waals surface area contributed by atoms with Crippen molar-refractivity contribution in [3.05, 3.63) is 41.5 Å². The van der Waals surface area contributed by atoms with E-state index in [1.165, 1.54) is 19.2 Å². The van der Waals surface area contributed by atoms with Crippen molar-refractivity contribution in [2.45, 2.75) is 36.6 Å². The molecular formula is C23H28O13. The van der Waals surface area contributed by atoms with Crippen molar-refractivity contribution in [1.29, 1.82) is 0 Å². The topological polar surface area (TPSA) is 216 Å².